The SMILES string of the molecule is COc1ccc2c(c1)NC(=O)C(C)(C)NC(=O)N(C)C(=O)NC(C)(C)C(=O)N2. The van der Waals surface area contributed by atoms with Crippen LogP contribution >= 0.6 is 0 Å². The van der Waals surface area contributed by atoms with E-state index >= 15 is 0 Å². The summed E-state index contributed by atoms with van der Waals surface area (Å²) in [7, 11) is 2.71. The first-order valence-corrected chi connectivity index (χ1v) is 8.56. The monoisotopic (exact) mass is 391 g/mol. The van der Waals surface area contributed by atoms with E-state index in [1.165, 1.54) is 41.9 Å². The van der Waals surface area contributed by atoms with Crippen molar-refractivity contribution in [2.45, 2.75) is 38.8 Å². The number of hydrogen-bond acceptors (Lipinski definition) is 5. The molecule has 0 unspecified atom stereocenters. The molecule has 1 aliphatic rings. The molecule has 1 aliphatic heterocycles. The van der Waals surface area contributed by atoms with Crippen LogP contribution in [-0.4, -0.2) is 54.0 Å². The number of ether oxygens (including phenoxy) is 1. The molecule has 0 radical (unpaired) electrons. The van der Waals surface area contributed by atoms with Gasteiger partial charge in [-0.05, 0) is 39.8 Å². The molecule has 0 bridgehead atoms. The molecule has 1 heterocycles. The second-order valence-electron chi connectivity index (χ2n) is 7.49. The molecule has 0 aliphatic carbocycles. The zero-order chi connectivity index (χ0) is 21.3. The van der Waals surface area contributed by atoms with Gasteiger partial charge in [-0.2, -0.15) is 0 Å². The van der Waals surface area contributed by atoms with Gasteiger partial charge in [0.15, 0.2) is 0 Å². The highest BCUT2D eigenvalue weighted by Crippen LogP contribution is 2.29. The Kier molecular flexibility index (Phi) is 5.53. The Hall–Kier alpha value is -3.30. The Morgan fingerprint density at radius 1 is 0.821 bits per heavy atom. The van der Waals surface area contributed by atoms with Crippen LogP contribution in [0.1, 0.15) is 27.7 Å². The minimum atomic E-state index is -1.35. The van der Waals surface area contributed by atoms with Gasteiger partial charge in [0.1, 0.15) is 16.8 Å². The van der Waals surface area contributed by atoms with Crippen molar-refractivity contribution >= 4 is 35.3 Å². The number of fused-ring (bicyclic) bond motifs is 1. The van der Waals surface area contributed by atoms with Crippen LogP contribution in [0.15, 0.2) is 18.2 Å². The van der Waals surface area contributed by atoms with Crippen LogP contribution in [0.25, 0.3) is 0 Å². The molecule has 0 atom stereocenters. The molecule has 0 saturated carbocycles. The van der Waals surface area contributed by atoms with Gasteiger partial charge in [-0.3, -0.25) is 9.59 Å². The standard InChI is InChI=1S/C18H25N5O5/c1-17(2)13(24)19-11-8-7-10(28-6)9-12(11)20-14(25)18(3,4)22-16(27)23(5)15(26)21-17/h7-9H,1-6H3,(H,19,24)(H,20,25)(H,21,26)(H,22,27). The van der Waals surface area contributed by atoms with E-state index in [1.54, 1.807) is 18.2 Å². The molecular weight excluding hydrogens is 366 g/mol. The number of hydrogen-bond donors (Lipinski definition) is 4. The topological polar surface area (TPSA) is 129 Å². The predicted molar refractivity (Wildman–Crippen MR) is 103 cm³/mol. The first kappa shape index (κ1) is 21.0. The van der Waals surface area contributed by atoms with Crippen molar-refractivity contribution in [3.63, 3.8) is 0 Å². The maximum atomic E-state index is 12.7. The number of carbonyl (C=O) groups is 4. The van der Waals surface area contributed by atoms with Gasteiger partial charge < -0.3 is 26.0 Å². The fourth-order valence-electron chi connectivity index (χ4n) is 2.33. The number of rotatable bonds is 1. The number of urea groups is 2. The molecule has 28 heavy (non-hydrogen) atoms. The summed E-state index contributed by atoms with van der Waals surface area (Å²) in [5, 5.41) is 10.4. The molecule has 10 heteroatoms. The summed E-state index contributed by atoms with van der Waals surface area (Å²) < 4.78 is 5.18. The molecule has 0 aromatic heterocycles. The maximum Gasteiger partial charge on any atom is 0.326 e. The highest BCUT2D eigenvalue weighted by atomic mass is 16.5. The van der Waals surface area contributed by atoms with E-state index in [1.807, 2.05) is 0 Å². The van der Waals surface area contributed by atoms with Crippen LogP contribution in [0.5, 0.6) is 5.75 Å². The summed E-state index contributed by atoms with van der Waals surface area (Å²) in [6.45, 7) is 5.98. The summed E-state index contributed by atoms with van der Waals surface area (Å²) in [4.78, 5) is 51.0. The summed E-state index contributed by atoms with van der Waals surface area (Å²) in [6.07, 6.45) is 0. The Balaban J connectivity index is 2.54. The lowest BCUT2D eigenvalue weighted by Crippen LogP contribution is -2.60. The fourth-order valence-corrected chi connectivity index (χ4v) is 2.33. The number of imide groups is 1. The summed E-state index contributed by atoms with van der Waals surface area (Å²) in [5.41, 5.74) is -2.08. The van der Waals surface area contributed by atoms with Crippen LogP contribution < -0.4 is 26.0 Å². The molecule has 2 rings (SSSR count). The number of anilines is 2. The van der Waals surface area contributed by atoms with Crippen LogP contribution in [0, 0.1) is 0 Å². The Labute approximate surface area is 163 Å². The van der Waals surface area contributed by atoms with E-state index in [2.05, 4.69) is 21.3 Å². The van der Waals surface area contributed by atoms with E-state index in [0.717, 1.165) is 4.90 Å². The van der Waals surface area contributed by atoms with Gasteiger partial charge in [0.05, 0.1) is 18.5 Å². The van der Waals surface area contributed by atoms with Crippen molar-refractivity contribution in [3.8, 4) is 5.75 Å². The molecule has 1 aromatic carbocycles. The summed E-state index contributed by atoms with van der Waals surface area (Å²) in [6, 6.07) is 3.15. The average Bonchev–Trinajstić information content (AvgIpc) is 2.60. The molecule has 1 aromatic rings. The smallest absolute Gasteiger partial charge is 0.326 e. The third-order valence-electron chi connectivity index (χ3n) is 4.31. The van der Waals surface area contributed by atoms with Crippen LogP contribution in [-0.2, 0) is 9.59 Å². The van der Waals surface area contributed by atoms with E-state index in [0.29, 0.717) is 11.4 Å². The molecular formula is C18H25N5O5. The van der Waals surface area contributed by atoms with Crippen LogP contribution in [0.2, 0.25) is 0 Å². The number of nitrogens with zero attached hydrogens (tertiary/aromatic N) is 1. The van der Waals surface area contributed by atoms with E-state index < -0.39 is 35.0 Å². The van der Waals surface area contributed by atoms with Crippen molar-refractivity contribution in [2.75, 3.05) is 24.8 Å². The maximum absolute atomic E-state index is 12.7. The summed E-state index contributed by atoms with van der Waals surface area (Å²) in [5.74, 6) is -0.613. The van der Waals surface area contributed by atoms with Gasteiger partial charge in [-0.15, -0.1) is 0 Å². The molecule has 152 valence electrons. The number of methoxy groups -OCH3 is 1. The van der Waals surface area contributed by atoms with Crippen molar-refractivity contribution in [2.24, 2.45) is 0 Å². The molecule has 10 nitrogen and oxygen atoms in total. The molecule has 0 fully saturated rings. The van der Waals surface area contributed by atoms with Crippen molar-refractivity contribution in [1.82, 2.24) is 15.5 Å². The third kappa shape index (κ3) is 4.33. The first-order chi connectivity index (χ1) is 12.9. The largest absolute Gasteiger partial charge is 0.497 e. The number of nitrogens with one attached hydrogen (secondary N) is 4. The quantitative estimate of drug-likeness (QED) is 0.577. The highest BCUT2D eigenvalue weighted by Gasteiger charge is 2.36. The molecule has 0 spiro atoms. The van der Waals surface area contributed by atoms with Gasteiger partial charge in [-0.25, -0.2) is 14.5 Å². The molecule has 4 N–H and O–H groups in total. The Bertz CT molecular complexity index is 834. The van der Waals surface area contributed by atoms with Gasteiger partial charge in [-0.1, -0.05) is 0 Å². The van der Waals surface area contributed by atoms with E-state index in [9.17, 15) is 19.2 Å². The fraction of sp³-hybridized carbons (Fsp3) is 0.444. The van der Waals surface area contributed by atoms with Crippen molar-refractivity contribution < 1.29 is 23.9 Å². The summed E-state index contributed by atoms with van der Waals surface area (Å²) >= 11 is 0. The number of carbonyl (C=O) groups excluding carboxylic acids is 4. The van der Waals surface area contributed by atoms with E-state index in [-0.39, 0.29) is 5.69 Å². The molecule has 0 saturated heterocycles. The normalized spacial score (nSPS) is 19.6. The van der Waals surface area contributed by atoms with Gasteiger partial charge in [0.2, 0.25) is 11.8 Å². The van der Waals surface area contributed by atoms with Crippen molar-refractivity contribution in [3.05, 3.63) is 18.2 Å². The average molecular weight is 391 g/mol. The zero-order valence-electron chi connectivity index (χ0n) is 16.7. The number of benzene rings is 1. The highest BCUT2D eigenvalue weighted by molar-refractivity contribution is 6.08. The van der Waals surface area contributed by atoms with E-state index in [4.69, 9.17) is 4.74 Å². The Morgan fingerprint density at radius 3 is 1.75 bits per heavy atom. The molecule has 6 amide bonds. The Morgan fingerprint density at radius 2 is 1.29 bits per heavy atom. The van der Waals surface area contributed by atoms with Gasteiger partial charge in [0.25, 0.3) is 0 Å². The number of amides is 6. The third-order valence-corrected chi connectivity index (χ3v) is 4.31. The lowest BCUT2D eigenvalue weighted by Gasteiger charge is -2.29. The first-order valence-electron chi connectivity index (χ1n) is 8.56. The minimum Gasteiger partial charge on any atom is -0.497 e. The lowest BCUT2D eigenvalue weighted by molar-refractivity contribution is -0.121. The second-order valence-corrected chi connectivity index (χ2v) is 7.49. The predicted octanol–water partition coefficient (Wildman–Crippen LogP) is 1.49. The zero-order valence-corrected chi connectivity index (χ0v) is 16.7. The lowest BCUT2D eigenvalue weighted by atomic mass is 10.0. The van der Waals surface area contributed by atoms with Gasteiger partial charge >= 0.3 is 12.1 Å². The van der Waals surface area contributed by atoms with Gasteiger partial charge in [0, 0.05) is 13.1 Å². The minimum absolute atomic E-state index is 0.287. The van der Waals surface area contributed by atoms with Crippen molar-refractivity contribution in [1.29, 1.82) is 0 Å². The second kappa shape index (κ2) is 7.37. The van der Waals surface area contributed by atoms with Crippen LogP contribution in [0.4, 0.5) is 21.0 Å². The van der Waals surface area contributed by atoms with Crippen LogP contribution in [0.3, 0.4) is 0 Å².